The smallest absolute Gasteiger partial charge is 0.251 e. The number of fused-ring (bicyclic) bond motifs is 1. The Bertz CT molecular complexity index is 893. The summed E-state index contributed by atoms with van der Waals surface area (Å²) >= 11 is 0. The maximum absolute atomic E-state index is 12.8. The molecule has 0 bridgehead atoms. The lowest BCUT2D eigenvalue weighted by molar-refractivity contribution is -0.119. The van der Waals surface area contributed by atoms with Crippen LogP contribution in [0, 0.1) is 5.92 Å². The molecular formula is C24H32N2O4. The Morgan fingerprint density at radius 2 is 1.73 bits per heavy atom. The van der Waals surface area contributed by atoms with Crippen LogP contribution in [-0.4, -0.2) is 43.3 Å². The molecule has 30 heavy (non-hydrogen) atoms. The van der Waals surface area contributed by atoms with Gasteiger partial charge in [0, 0.05) is 20.9 Å². The highest BCUT2D eigenvalue weighted by Gasteiger charge is 2.42. The Kier molecular flexibility index (Phi) is 6.45. The van der Waals surface area contributed by atoms with E-state index >= 15 is 0 Å². The molecule has 6 heteroatoms. The van der Waals surface area contributed by atoms with Crippen LogP contribution in [0.3, 0.4) is 0 Å². The van der Waals surface area contributed by atoms with E-state index in [1.165, 1.54) is 5.56 Å². The summed E-state index contributed by atoms with van der Waals surface area (Å²) in [5.74, 6) is 0.0614. The van der Waals surface area contributed by atoms with Crippen LogP contribution in [0.25, 0.3) is 0 Å². The molecule has 1 saturated carbocycles. The largest absolute Gasteiger partial charge is 0.373 e. The van der Waals surface area contributed by atoms with E-state index in [2.05, 4.69) is 17.4 Å². The molecule has 2 aliphatic heterocycles. The highest BCUT2D eigenvalue weighted by molar-refractivity contribution is 5.96. The predicted octanol–water partition coefficient (Wildman–Crippen LogP) is 2.94. The van der Waals surface area contributed by atoms with Gasteiger partial charge in [-0.05, 0) is 42.9 Å². The fraction of sp³-hybridized carbons (Fsp3) is 0.417. The zero-order valence-corrected chi connectivity index (χ0v) is 17.0. The van der Waals surface area contributed by atoms with E-state index < -0.39 is 0 Å². The average molecular weight is 413 g/mol. The molecule has 0 spiro atoms. The number of carbonyl (C=O) groups excluding carboxylic acids is 2. The van der Waals surface area contributed by atoms with Crippen molar-refractivity contribution >= 4 is 11.8 Å². The highest BCUT2D eigenvalue weighted by Crippen LogP contribution is 2.28. The number of primary amides is 1. The molecule has 5 rings (SSSR count). The zero-order chi connectivity index (χ0) is 20.9. The second-order valence-corrected chi connectivity index (χ2v) is 8.07. The van der Waals surface area contributed by atoms with Crippen LogP contribution in [0.15, 0.2) is 54.6 Å². The third-order valence-corrected chi connectivity index (χ3v) is 5.76. The number of hydrogen-bond acceptors (Lipinski definition) is 4. The molecule has 162 valence electrons. The fourth-order valence-electron chi connectivity index (χ4n) is 3.92. The van der Waals surface area contributed by atoms with Crippen molar-refractivity contribution in [1.29, 1.82) is 0 Å². The first kappa shape index (κ1) is 20.6. The molecule has 2 heterocycles. The number of ether oxygens (including phenoxy) is 2. The molecule has 2 amide bonds. The van der Waals surface area contributed by atoms with Gasteiger partial charge in [-0.2, -0.15) is 0 Å². The van der Waals surface area contributed by atoms with Crippen LogP contribution in [-0.2, 0) is 20.7 Å². The molecule has 2 aromatic carbocycles. The molecule has 3 atom stereocenters. The average Bonchev–Trinajstić information content (AvgIpc) is 3.40. The van der Waals surface area contributed by atoms with Crippen LogP contribution in [0.5, 0.6) is 0 Å². The lowest BCUT2D eigenvalue weighted by Gasteiger charge is -2.18. The molecule has 2 aromatic rings. The van der Waals surface area contributed by atoms with Crippen molar-refractivity contribution in [2.24, 2.45) is 11.7 Å². The van der Waals surface area contributed by atoms with E-state index in [0.717, 1.165) is 36.8 Å². The van der Waals surface area contributed by atoms with Gasteiger partial charge in [0.2, 0.25) is 5.91 Å². The first-order valence-corrected chi connectivity index (χ1v) is 10.6. The van der Waals surface area contributed by atoms with Crippen LogP contribution in [0.1, 0.15) is 43.6 Å². The first-order chi connectivity index (χ1) is 14.6. The normalized spacial score (nSPS) is 24.5. The van der Waals surface area contributed by atoms with Gasteiger partial charge in [-0.25, -0.2) is 0 Å². The number of amides is 2. The number of nitrogens with one attached hydrogen (secondary N) is 1. The molecule has 3 N–H and O–H groups in total. The molecule has 0 radical (unpaired) electrons. The summed E-state index contributed by atoms with van der Waals surface area (Å²) in [5, 5.41) is 3.10. The summed E-state index contributed by atoms with van der Waals surface area (Å²) < 4.78 is 11.4. The van der Waals surface area contributed by atoms with Gasteiger partial charge in [0.25, 0.3) is 5.91 Å². The van der Waals surface area contributed by atoms with Gasteiger partial charge >= 0.3 is 0 Å². The molecule has 2 saturated heterocycles. The van der Waals surface area contributed by atoms with Gasteiger partial charge in [0.15, 0.2) is 0 Å². The van der Waals surface area contributed by atoms with Gasteiger partial charge < -0.3 is 20.5 Å². The van der Waals surface area contributed by atoms with Crippen LogP contribution in [0.2, 0.25) is 0 Å². The molecule has 6 nitrogen and oxygen atoms in total. The van der Waals surface area contributed by atoms with E-state index in [4.69, 9.17) is 15.2 Å². The molecule has 0 aromatic heterocycles. The van der Waals surface area contributed by atoms with Crippen molar-refractivity contribution in [2.45, 2.75) is 43.9 Å². The minimum atomic E-state index is -0.130. The summed E-state index contributed by atoms with van der Waals surface area (Å²) in [6, 6.07) is 17.9. The van der Waals surface area contributed by atoms with Crippen molar-refractivity contribution in [1.82, 2.24) is 5.32 Å². The zero-order valence-electron chi connectivity index (χ0n) is 17.0. The van der Waals surface area contributed by atoms with Gasteiger partial charge in [0.1, 0.15) is 6.10 Å². The minimum absolute atomic E-state index is 0. The summed E-state index contributed by atoms with van der Waals surface area (Å²) in [7, 11) is 0. The lowest BCUT2D eigenvalue weighted by atomic mass is 9.99. The van der Waals surface area contributed by atoms with Crippen LogP contribution in [0.4, 0.5) is 0 Å². The van der Waals surface area contributed by atoms with Crippen molar-refractivity contribution in [2.75, 3.05) is 13.2 Å². The second kappa shape index (κ2) is 9.41. The number of rotatable bonds is 5. The second-order valence-electron chi connectivity index (χ2n) is 8.07. The summed E-state index contributed by atoms with van der Waals surface area (Å²) in [4.78, 5) is 22.8. The lowest BCUT2D eigenvalue weighted by Crippen LogP contribution is -2.44. The number of benzene rings is 2. The third kappa shape index (κ3) is 5.07. The van der Waals surface area contributed by atoms with Gasteiger partial charge in [-0.3, -0.25) is 9.59 Å². The topological polar surface area (TPSA) is 90.7 Å². The summed E-state index contributed by atoms with van der Waals surface area (Å²) in [6.45, 7) is 1.24. The Hall–Kier alpha value is -2.70. The Balaban J connectivity index is 0.000000397. The molecule has 0 unspecified atom stereocenters. The van der Waals surface area contributed by atoms with Crippen LogP contribution >= 0.6 is 0 Å². The Morgan fingerprint density at radius 1 is 1.00 bits per heavy atom. The fourth-order valence-corrected chi connectivity index (χ4v) is 3.92. The van der Waals surface area contributed by atoms with Gasteiger partial charge in [-0.15, -0.1) is 0 Å². The number of hydrogen-bond donors (Lipinski definition) is 2. The van der Waals surface area contributed by atoms with E-state index in [-0.39, 0.29) is 38.8 Å². The van der Waals surface area contributed by atoms with Crippen LogP contribution < -0.4 is 11.1 Å². The quantitative estimate of drug-likeness (QED) is 0.790. The van der Waals surface area contributed by atoms with Gasteiger partial charge in [-0.1, -0.05) is 48.5 Å². The maximum atomic E-state index is 12.8. The van der Waals surface area contributed by atoms with Crippen molar-refractivity contribution in [3.63, 3.8) is 0 Å². The molecule has 3 aliphatic rings. The van der Waals surface area contributed by atoms with Crippen molar-refractivity contribution < 1.29 is 21.9 Å². The predicted molar refractivity (Wildman–Crippen MR) is 117 cm³/mol. The molecular weight excluding hydrogens is 380 g/mol. The Labute approximate surface area is 179 Å². The first-order valence-electron chi connectivity index (χ1n) is 10.6. The number of nitrogens with two attached hydrogens (primary N) is 1. The van der Waals surface area contributed by atoms with E-state index in [1.54, 1.807) is 0 Å². The number of carbonyl (C=O) groups is 2. The maximum Gasteiger partial charge on any atom is 0.251 e. The van der Waals surface area contributed by atoms with Crippen molar-refractivity contribution in [3.05, 3.63) is 71.3 Å². The van der Waals surface area contributed by atoms with Gasteiger partial charge in [0.05, 0.1) is 18.8 Å². The SMILES string of the molecule is NC(=O)C1CC1.O=C(N[C@H]1CO[C@@H]2CCO[C@H]12)c1ccccc1Cc1ccccc1.[HH].[HH]. The monoisotopic (exact) mass is 412 g/mol. The Morgan fingerprint density at radius 3 is 2.43 bits per heavy atom. The van der Waals surface area contributed by atoms with E-state index in [9.17, 15) is 9.59 Å². The molecule has 1 aliphatic carbocycles. The summed E-state index contributed by atoms with van der Waals surface area (Å²) in [6.07, 6.45) is 3.84. The van der Waals surface area contributed by atoms with E-state index in [1.807, 2.05) is 42.5 Å². The highest BCUT2D eigenvalue weighted by atomic mass is 16.6. The molecule has 3 fully saturated rings. The summed E-state index contributed by atoms with van der Waals surface area (Å²) in [5.41, 5.74) is 7.81. The van der Waals surface area contributed by atoms with Crippen molar-refractivity contribution in [3.8, 4) is 0 Å². The van der Waals surface area contributed by atoms with E-state index in [0.29, 0.717) is 13.2 Å². The third-order valence-electron chi connectivity index (χ3n) is 5.76. The standard InChI is InChI=1S/C20H21NO3.C4H7NO.2H2/c22-20(21-17-13-24-18-10-11-23-19(17)18)16-9-5-4-8-15(16)12-14-6-2-1-3-7-14;5-4(6)3-1-2-3;;/h1-9,17-19H,10-13H2,(H,21,22);3H,1-2H2,(H2,5,6);2*1H/t17-,18+,19+;;;/m0.../s1. The minimum Gasteiger partial charge on any atom is -0.373 e.